The van der Waals surface area contributed by atoms with E-state index in [1.807, 2.05) is 32.0 Å². The number of methoxy groups -OCH3 is 1. The molecule has 0 heterocycles. The summed E-state index contributed by atoms with van der Waals surface area (Å²) in [6.07, 6.45) is 2.09. The lowest BCUT2D eigenvalue weighted by molar-refractivity contribution is 0.378. The molecule has 126 valence electrons. The van der Waals surface area contributed by atoms with Crippen LogP contribution < -0.4 is 9.47 Å². The molecule has 23 heavy (non-hydrogen) atoms. The zero-order chi connectivity index (χ0) is 17.5. The maximum Gasteiger partial charge on any atom is 0.175 e. The van der Waals surface area contributed by atoms with E-state index in [0.717, 1.165) is 12.0 Å². The molecule has 0 aliphatic heterocycles. The number of ether oxygens (including phenoxy) is 2. The van der Waals surface area contributed by atoms with E-state index < -0.39 is 9.84 Å². The van der Waals surface area contributed by atoms with Gasteiger partial charge < -0.3 is 9.47 Å². The Kier molecular flexibility index (Phi) is 7.10. The van der Waals surface area contributed by atoms with Crippen LogP contribution >= 0.6 is 0 Å². The van der Waals surface area contributed by atoms with E-state index in [1.54, 1.807) is 19.2 Å². The lowest BCUT2D eigenvalue weighted by Gasteiger charge is -2.11. The Morgan fingerprint density at radius 3 is 2.04 bits per heavy atom. The first-order valence-electron chi connectivity index (χ1n) is 7.59. The SMILES string of the molecule is CC.CCc1ccc(Oc2ccc(S(C)(=O)=O)cc2)c(OC)c1. The molecule has 0 spiro atoms. The average Bonchev–Trinajstić information content (AvgIpc) is 2.56. The highest BCUT2D eigenvalue weighted by Gasteiger charge is 2.09. The summed E-state index contributed by atoms with van der Waals surface area (Å²) in [6, 6.07) is 12.1. The summed E-state index contributed by atoms with van der Waals surface area (Å²) in [4.78, 5) is 0.267. The number of rotatable bonds is 5. The fourth-order valence-electron chi connectivity index (χ4n) is 1.90. The quantitative estimate of drug-likeness (QED) is 0.808. The molecule has 0 atom stereocenters. The third kappa shape index (κ3) is 5.28. The molecule has 0 fully saturated rings. The highest BCUT2D eigenvalue weighted by atomic mass is 32.2. The Balaban J connectivity index is 0.00000127. The van der Waals surface area contributed by atoms with Crippen LogP contribution in [0.4, 0.5) is 0 Å². The predicted octanol–water partition coefficient (Wildman–Crippen LogP) is 4.48. The first-order chi connectivity index (χ1) is 10.9. The average molecular weight is 336 g/mol. The molecular formula is C18H24O4S. The minimum Gasteiger partial charge on any atom is -0.493 e. The Labute approximate surface area is 139 Å². The number of aryl methyl sites for hydroxylation is 1. The van der Waals surface area contributed by atoms with Crippen molar-refractivity contribution in [2.24, 2.45) is 0 Å². The molecule has 0 radical (unpaired) electrons. The van der Waals surface area contributed by atoms with Gasteiger partial charge >= 0.3 is 0 Å². The molecule has 0 saturated heterocycles. The fraction of sp³-hybridized carbons (Fsp3) is 0.333. The topological polar surface area (TPSA) is 52.6 Å². The minimum atomic E-state index is -3.19. The summed E-state index contributed by atoms with van der Waals surface area (Å²) in [5, 5.41) is 0. The van der Waals surface area contributed by atoms with Crippen LogP contribution in [0, 0.1) is 0 Å². The molecule has 0 saturated carbocycles. The molecular weight excluding hydrogens is 312 g/mol. The third-order valence-corrected chi connectivity index (χ3v) is 4.24. The monoisotopic (exact) mass is 336 g/mol. The van der Waals surface area contributed by atoms with Crippen molar-refractivity contribution >= 4 is 9.84 Å². The first-order valence-corrected chi connectivity index (χ1v) is 9.48. The van der Waals surface area contributed by atoms with Crippen molar-refractivity contribution < 1.29 is 17.9 Å². The summed E-state index contributed by atoms with van der Waals surface area (Å²) in [5.74, 6) is 1.81. The van der Waals surface area contributed by atoms with Crippen LogP contribution in [0.1, 0.15) is 26.3 Å². The van der Waals surface area contributed by atoms with Gasteiger partial charge in [0.25, 0.3) is 0 Å². The van der Waals surface area contributed by atoms with E-state index in [1.165, 1.54) is 18.4 Å². The molecule has 0 aliphatic carbocycles. The van der Waals surface area contributed by atoms with Crippen molar-refractivity contribution in [3.8, 4) is 17.2 Å². The standard InChI is InChI=1S/C16H18O4S.C2H6/c1-4-12-5-10-15(16(11-12)19-2)20-13-6-8-14(9-7-13)21(3,17)18;1-2/h5-11H,4H2,1-3H3;1-2H3. The van der Waals surface area contributed by atoms with Crippen LogP contribution in [0.2, 0.25) is 0 Å². The summed E-state index contributed by atoms with van der Waals surface area (Å²) < 4.78 is 33.9. The lowest BCUT2D eigenvalue weighted by Crippen LogP contribution is -1.97. The number of hydrogen-bond acceptors (Lipinski definition) is 4. The zero-order valence-corrected chi connectivity index (χ0v) is 15.1. The van der Waals surface area contributed by atoms with E-state index in [4.69, 9.17) is 9.47 Å². The van der Waals surface area contributed by atoms with Gasteiger partial charge in [0.1, 0.15) is 5.75 Å². The van der Waals surface area contributed by atoms with E-state index in [-0.39, 0.29) is 4.90 Å². The second-order valence-electron chi connectivity index (χ2n) is 4.68. The van der Waals surface area contributed by atoms with Gasteiger partial charge in [-0.05, 0) is 48.4 Å². The minimum absolute atomic E-state index is 0.267. The second kappa shape index (κ2) is 8.58. The summed E-state index contributed by atoms with van der Waals surface area (Å²) in [7, 11) is -1.60. The van der Waals surface area contributed by atoms with Gasteiger partial charge in [-0.3, -0.25) is 0 Å². The Bertz CT molecular complexity index is 719. The van der Waals surface area contributed by atoms with Crippen molar-refractivity contribution in [2.75, 3.05) is 13.4 Å². The Hall–Kier alpha value is -2.01. The van der Waals surface area contributed by atoms with Crippen molar-refractivity contribution in [1.82, 2.24) is 0 Å². The van der Waals surface area contributed by atoms with Crippen LogP contribution in [0.5, 0.6) is 17.2 Å². The molecule has 5 heteroatoms. The van der Waals surface area contributed by atoms with Crippen molar-refractivity contribution in [2.45, 2.75) is 32.1 Å². The molecule has 0 N–H and O–H groups in total. The van der Waals surface area contributed by atoms with E-state index in [2.05, 4.69) is 6.92 Å². The van der Waals surface area contributed by atoms with E-state index in [0.29, 0.717) is 17.2 Å². The molecule has 0 unspecified atom stereocenters. The summed E-state index contributed by atoms with van der Waals surface area (Å²) in [6.45, 7) is 6.07. The van der Waals surface area contributed by atoms with Gasteiger partial charge in [0.2, 0.25) is 0 Å². The van der Waals surface area contributed by atoms with E-state index >= 15 is 0 Å². The number of benzene rings is 2. The molecule has 0 amide bonds. The van der Waals surface area contributed by atoms with Crippen LogP contribution in [0.15, 0.2) is 47.4 Å². The fourth-order valence-corrected chi connectivity index (χ4v) is 2.53. The van der Waals surface area contributed by atoms with Gasteiger partial charge in [-0.1, -0.05) is 26.8 Å². The van der Waals surface area contributed by atoms with Crippen LogP contribution in [-0.2, 0) is 16.3 Å². The zero-order valence-electron chi connectivity index (χ0n) is 14.3. The van der Waals surface area contributed by atoms with E-state index in [9.17, 15) is 8.42 Å². The highest BCUT2D eigenvalue weighted by Crippen LogP contribution is 2.32. The third-order valence-electron chi connectivity index (χ3n) is 3.12. The van der Waals surface area contributed by atoms with Gasteiger partial charge in [-0.2, -0.15) is 0 Å². The van der Waals surface area contributed by atoms with Crippen LogP contribution in [-0.4, -0.2) is 21.8 Å². The summed E-state index contributed by atoms with van der Waals surface area (Å²) >= 11 is 0. The Morgan fingerprint density at radius 1 is 0.957 bits per heavy atom. The summed E-state index contributed by atoms with van der Waals surface area (Å²) in [5.41, 5.74) is 1.16. The number of hydrogen-bond donors (Lipinski definition) is 0. The van der Waals surface area contributed by atoms with Crippen LogP contribution in [0.25, 0.3) is 0 Å². The largest absolute Gasteiger partial charge is 0.493 e. The maximum atomic E-state index is 11.4. The van der Waals surface area contributed by atoms with Gasteiger partial charge in [0, 0.05) is 6.26 Å². The highest BCUT2D eigenvalue weighted by molar-refractivity contribution is 7.90. The lowest BCUT2D eigenvalue weighted by atomic mass is 10.1. The molecule has 2 aromatic carbocycles. The number of sulfone groups is 1. The Morgan fingerprint density at radius 2 is 1.57 bits per heavy atom. The molecule has 0 aliphatic rings. The molecule has 0 bridgehead atoms. The van der Waals surface area contributed by atoms with Crippen LogP contribution in [0.3, 0.4) is 0 Å². The molecule has 0 aromatic heterocycles. The predicted molar refractivity (Wildman–Crippen MR) is 93.3 cm³/mol. The molecule has 4 nitrogen and oxygen atoms in total. The van der Waals surface area contributed by atoms with Gasteiger partial charge in [0.05, 0.1) is 12.0 Å². The first kappa shape index (κ1) is 19.0. The molecule has 2 rings (SSSR count). The maximum absolute atomic E-state index is 11.4. The van der Waals surface area contributed by atoms with Gasteiger partial charge in [-0.15, -0.1) is 0 Å². The van der Waals surface area contributed by atoms with Gasteiger partial charge in [-0.25, -0.2) is 8.42 Å². The smallest absolute Gasteiger partial charge is 0.175 e. The van der Waals surface area contributed by atoms with Gasteiger partial charge in [0.15, 0.2) is 21.3 Å². The van der Waals surface area contributed by atoms with Crippen molar-refractivity contribution in [3.63, 3.8) is 0 Å². The molecule has 2 aromatic rings. The normalized spacial score (nSPS) is 10.5. The van der Waals surface area contributed by atoms with Crippen molar-refractivity contribution in [3.05, 3.63) is 48.0 Å². The van der Waals surface area contributed by atoms with Crippen molar-refractivity contribution in [1.29, 1.82) is 0 Å². The second-order valence-corrected chi connectivity index (χ2v) is 6.70.